The van der Waals surface area contributed by atoms with E-state index in [1.54, 1.807) is 24.3 Å². The minimum atomic E-state index is -3.60. The number of hydrogen-bond acceptors (Lipinski definition) is 4. The van der Waals surface area contributed by atoms with E-state index in [-0.39, 0.29) is 32.2 Å². The summed E-state index contributed by atoms with van der Waals surface area (Å²) in [6.07, 6.45) is 1.07. The lowest BCUT2D eigenvalue weighted by atomic mass is 9.92. The normalized spacial score (nSPS) is 11.3. The number of amides is 2. The SMILES string of the molecule is CS(=O)(=O)c1ccccc1-c1ccc(-c2cc(Cl)ccc2C(N)=O)c(Cl)c1C(N)=O. The molecule has 4 N–H and O–H groups in total. The summed E-state index contributed by atoms with van der Waals surface area (Å²) in [5, 5.41) is 0.284. The van der Waals surface area contributed by atoms with Gasteiger partial charge in [0, 0.05) is 28.0 Å². The largest absolute Gasteiger partial charge is 0.366 e. The first kappa shape index (κ1) is 21.8. The predicted molar refractivity (Wildman–Crippen MR) is 117 cm³/mol. The molecule has 0 unspecified atom stereocenters. The Hall–Kier alpha value is -2.87. The molecule has 0 saturated carbocycles. The van der Waals surface area contributed by atoms with Crippen LogP contribution < -0.4 is 11.5 Å². The van der Waals surface area contributed by atoms with Crippen LogP contribution in [0.15, 0.2) is 59.5 Å². The third-order valence-corrected chi connectivity index (χ3v) is 6.28. The van der Waals surface area contributed by atoms with Crippen LogP contribution in [0.1, 0.15) is 20.7 Å². The number of nitrogens with two attached hydrogens (primary N) is 2. The van der Waals surface area contributed by atoms with Crippen molar-refractivity contribution >= 4 is 44.9 Å². The number of sulfone groups is 1. The third kappa shape index (κ3) is 4.05. The van der Waals surface area contributed by atoms with Gasteiger partial charge in [-0.25, -0.2) is 8.42 Å². The Bertz CT molecular complexity index is 1300. The van der Waals surface area contributed by atoms with Crippen molar-refractivity contribution in [3.8, 4) is 22.3 Å². The third-order valence-electron chi connectivity index (χ3n) is 4.50. The van der Waals surface area contributed by atoms with Gasteiger partial charge in [0.05, 0.1) is 15.5 Å². The van der Waals surface area contributed by atoms with Crippen LogP contribution in [0.2, 0.25) is 10.0 Å². The van der Waals surface area contributed by atoms with E-state index < -0.39 is 21.7 Å². The average Bonchev–Trinajstić information content (AvgIpc) is 2.66. The lowest BCUT2D eigenvalue weighted by Gasteiger charge is -2.16. The topological polar surface area (TPSA) is 120 Å². The van der Waals surface area contributed by atoms with Crippen LogP contribution in [0.5, 0.6) is 0 Å². The molecule has 3 aromatic rings. The van der Waals surface area contributed by atoms with Crippen molar-refractivity contribution in [3.63, 3.8) is 0 Å². The number of carbonyl (C=O) groups is 2. The van der Waals surface area contributed by atoms with Crippen molar-refractivity contribution in [2.45, 2.75) is 4.90 Å². The van der Waals surface area contributed by atoms with Gasteiger partial charge in [0.25, 0.3) is 5.91 Å². The zero-order chi connectivity index (χ0) is 22.2. The van der Waals surface area contributed by atoms with Gasteiger partial charge >= 0.3 is 0 Å². The Kier molecular flexibility index (Phi) is 5.90. The van der Waals surface area contributed by atoms with Crippen LogP contribution in [0, 0.1) is 0 Å². The lowest BCUT2D eigenvalue weighted by Crippen LogP contribution is -2.15. The summed E-state index contributed by atoms with van der Waals surface area (Å²) in [5.74, 6) is -1.56. The Labute approximate surface area is 183 Å². The molecule has 0 radical (unpaired) electrons. The first-order valence-electron chi connectivity index (χ1n) is 8.54. The molecule has 0 heterocycles. The van der Waals surface area contributed by atoms with Crippen molar-refractivity contribution < 1.29 is 18.0 Å². The molecule has 154 valence electrons. The Morgan fingerprint density at radius 2 is 1.43 bits per heavy atom. The quantitative estimate of drug-likeness (QED) is 0.596. The first-order chi connectivity index (χ1) is 14.0. The molecule has 0 bridgehead atoms. The number of hydrogen-bond donors (Lipinski definition) is 2. The molecule has 0 aliphatic rings. The minimum Gasteiger partial charge on any atom is -0.366 e. The van der Waals surface area contributed by atoms with Crippen molar-refractivity contribution in [1.82, 2.24) is 0 Å². The van der Waals surface area contributed by atoms with Gasteiger partial charge in [-0.05, 0) is 35.4 Å². The summed E-state index contributed by atoms with van der Waals surface area (Å²) in [4.78, 5) is 24.2. The highest BCUT2D eigenvalue weighted by atomic mass is 35.5. The van der Waals surface area contributed by atoms with Crippen molar-refractivity contribution in [3.05, 3.63) is 75.8 Å². The minimum absolute atomic E-state index is 0.0249. The van der Waals surface area contributed by atoms with Gasteiger partial charge in [-0.15, -0.1) is 0 Å². The average molecular weight is 463 g/mol. The number of primary amides is 2. The summed E-state index contributed by atoms with van der Waals surface area (Å²) in [5.41, 5.74) is 12.3. The van der Waals surface area contributed by atoms with Gasteiger partial charge in [0.2, 0.25) is 5.91 Å². The van der Waals surface area contributed by atoms with Crippen LogP contribution in [-0.2, 0) is 9.84 Å². The monoisotopic (exact) mass is 462 g/mol. The van der Waals surface area contributed by atoms with Gasteiger partial charge in [-0.1, -0.05) is 53.5 Å². The molecule has 0 saturated heterocycles. The number of benzene rings is 3. The fraction of sp³-hybridized carbons (Fsp3) is 0.0476. The molecule has 0 aliphatic heterocycles. The summed E-state index contributed by atoms with van der Waals surface area (Å²) < 4.78 is 24.4. The summed E-state index contributed by atoms with van der Waals surface area (Å²) >= 11 is 12.6. The molecule has 3 rings (SSSR count). The van der Waals surface area contributed by atoms with Crippen LogP contribution in [0.25, 0.3) is 22.3 Å². The maximum absolute atomic E-state index is 12.3. The lowest BCUT2D eigenvalue weighted by molar-refractivity contribution is 0.0993. The van der Waals surface area contributed by atoms with E-state index in [0.717, 1.165) is 6.26 Å². The molecule has 0 spiro atoms. The molecule has 0 fully saturated rings. The van der Waals surface area contributed by atoms with Gasteiger partial charge in [-0.2, -0.15) is 0 Å². The van der Waals surface area contributed by atoms with Crippen molar-refractivity contribution in [2.75, 3.05) is 6.26 Å². The van der Waals surface area contributed by atoms with Gasteiger partial charge < -0.3 is 11.5 Å². The van der Waals surface area contributed by atoms with Gasteiger partial charge in [-0.3, -0.25) is 9.59 Å². The molecule has 0 aromatic heterocycles. The smallest absolute Gasteiger partial charge is 0.250 e. The molecular weight excluding hydrogens is 447 g/mol. The summed E-state index contributed by atoms with van der Waals surface area (Å²) in [6.45, 7) is 0. The molecular formula is C21H16Cl2N2O4S. The number of halogens is 2. The predicted octanol–water partition coefficient (Wildman–Crippen LogP) is 3.93. The van der Waals surface area contributed by atoms with E-state index in [1.165, 1.54) is 30.3 Å². The first-order valence-corrected chi connectivity index (χ1v) is 11.2. The maximum atomic E-state index is 12.3. The second kappa shape index (κ2) is 8.10. The molecule has 9 heteroatoms. The van der Waals surface area contributed by atoms with Crippen molar-refractivity contribution in [2.24, 2.45) is 11.5 Å². The summed E-state index contributed by atoms with van der Waals surface area (Å²) in [7, 11) is -3.60. The van der Waals surface area contributed by atoms with E-state index in [1.807, 2.05) is 0 Å². The molecule has 0 aliphatic carbocycles. The number of rotatable bonds is 5. The van der Waals surface area contributed by atoms with Gasteiger partial charge in [0.1, 0.15) is 0 Å². The van der Waals surface area contributed by atoms with E-state index in [4.69, 9.17) is 34.7 Å². The van der Waals surface area contributed by atoms with E-state index in [2.05, 4.69) is 0 Å². The maximum Gasteiger partial charge on any atom is 0.250 e. The Balaban J connectivity index is 2.37. The highest BCUT2D eigenvalue weighted by Crippen LogP contribution is 2.40. The number of carbonyl (C=O) groups excluding carboxylic acids is 2. The molecule has 3 aromatic carbocycles. The highest BCUT2D eigenvalue weighted by Gasteiger charge is 2.24. The summed E-state index contributed by atoms with van der Waals surface area (Å²) in [6, 6.07) is 13.7. The van der Waals surface area contributed by atoms with Gasteiger partial charge in [0.15, 0.2) is 9.84 Å². The zero-order valence-corrected chi connectivity index (χ0v) is 18.0. The van der Waals surface area contributed by atoms with E-state index >= 15 is 0 Å². The zero-order valence-electron chi connectivity index (χ0n) is 15.6. The highest BCUT2D eigenvalue weighted by molar-refractivity contribution is 7.90. The second-order valence-corrected chi connectivity index (χ2v) is 9.33. The van der Waals surface area contributed by atoms with Crippen LogP contribution >= 0.6 is 23.2 Å². The van der Waals surface area contributed by atoms with E-state index in [9.17, 15) is 18.0 Å². The Morgan fingerprint density at radius 1 is 0.800 bits per heavy atom. The standard InChI is InChI=1S/C21H16Cl2N2O4S/c1-30(28,29)17-5-3-2-4-12(17)13-8-9-14(19(23)18(13)21(25)27)16-10-11(22)6-7-15(16)20(24)26/h2-10H,1H3,(H2,24,26)(H2,25,27). The van der Waals surface area contributed by atoms with Crippen LogP contribution in [-0.4, -0.2) is 26.5 Å². The van der Waals surface area contributed by atoms with Crippen LogP contribution in [0.3, 0.4) is 0 Å². The fourth-order valence-corrected chi connectivity index (χ4v) is 4.65. The molecule has 6 nitrogen and oxygen atoms in total. The molecule has 2 amide bonds. The Morgan fingerprint density at radius 3 is 2.03 bits per heavy atom. The van der Waals surface area contributed by atoms with E-state index in [0.29, 0.717) is 16.1 Å². The molecule has 0 atom stereocenters. The fourth-order valence-electron chi connectivity index (χ4n) is 3.22. The second-order valence-electron chi connectivity index (χ2n) is 6.54. The van der Waals surface area contributed by atoms with Crippen LogP contribution in [0.4, 0.5) is 0 Å². The van der Waals surface area contributed by atoms with Crippen molar-refractivity contribution in [1.29, 1.82) is 0 Å². The molecule has 30 heavy (non-hydrogen) atoms.